The van der Waals surface area contributed by atoms with Crippen LogP contribution in [-0.4, -0.2) is 28.8 Å². The molecule has 2 nitrogen and oxygen atoms in total. The van der Waals surface area contributed by atoms with Crippen LogP contribution >= 0.6 is 11.8 Å². The number of aliphatic hydroxyl groups is 1. The quantitative estimate of drug-likeness (QED) is 0.768. The maximum absolute atomic E-state index is 10.1. The standard InChI is InChI=1S/C17H29NOS/c1-13(2)15(5)20-12-17(11-19,18-14(3)4)16-9-7-6-8-10-16/h6-10,13-15,18-19H,11-12H2,1-5H3. The Morgan fingerprint density at radius 1 is 1.10 bits per heavy atom. The van der Waals surface area contributed by atoms with Crippen LogP contribution < -0.4 is 5.32 Å². The van der Waals surface area contributed by atoms with Gasteiger partial charge < -0.3 is 10.4 Å². The van der Waals surface area contributed by atoms with Crippen molar-refractivity contribution in [3.8, 4) is 0 Å². The highest BCUT2D eigenvalue weighted by Gasteiger charge is 2.32. The molecule has 2 N–H and O–H groups in total. The van der Waals surface area contributed by atoms with Gasteiger partial charge in [-0.05, 0) is 25.3 Å². The summed E-state index contributed by atoms with van der Waals surface area (Å²) >= 11 is 1.93. The summed E-state index contributed by atoms with van der Waals surface area (Å²) in [6.07, 6.45) is 0. The van der Waals surface area contributed by atoms with Gasteiger partial charge in [-0.1, -0.05) is 51.1 Å². The molecule has 1 aromatic carbocycles. The zero-order valence-electron chi connectivity index (χ0n) is 13.4. The molecule has 0 saturated carbocycles. The number of rotatable bonds is 8. The van der Waals surface area contributed by atoms with Gasteiger partial charge in [0, 0.05) is 17.0 Å². The highest BCUT2D eigenvalue weighted by Crippen LogP contribution is 2.30. The van der Waals surface area contributed by atoms with Crippen LogP contribution in [0.25, 0.3) is 0 Å². The van der Waals surface area contributed by atoms with Gasteiger partial charge in [0.05, 0.1) is 12.1 Å². The van der Waals surface area contributed by atoms with E-state index >= 15 is 0 Å². The fourth-order valence-electron chi connectivity index (χ4n) is 2.17. The van der Waals surface area contributed by atoms with Crippen molar-refractivity contribution in [2.24, 2.45) is 5.92 Å². The zero-order chi connectivity index (χ0) is 15.2. The Morgan fingerprint density at radius 3 is 2.15 bits per heavy atom. The van der Waals surface area contributed by atoms with Gasteiger partial charge in [-0.3, -0.25) is 0 Å². The number of hydrogen-bond donors (Lipinski definition) is 2. The minimum Gasteiger partial charge on any atom is -0.394 e. The second kappa shape index (κ2) is 8.06. The lowest BCUT2D eigenvalue weighted by atomic mass is 9.92. The van der Waals surface area contributed by atoms with Crippen LogP contribution in [0.1, 0.15) is 40.2 Å². The molecule has 3 heteroatoms. The topological polar surface area (TPSA) is 32.3 Å². The molecule has 0 aromatic heterocycles. The van der Waals surface area contributed by atoms with E-state index < -0.39 is 0 Å². The maximum Gasteiger partial charge on any atom is 0.0762 e. The molecule has 0 spiro atoms. The lowest BCUT2D eigenvalue weighted by Crippen LogP contribution is -2.51. The highest BCUT2D eigenvalue weighted by molar-refractivity contribution is 7.99. The molecule has 1 rings (SSSR count). The van der Waals surface area contributed by atoms with Crippen molar-refractivity contribution in [3.05, 3.63) is 35.9 Å². The molecule has 0 bridgehead atoms. The fraction of sp³-hybridized carbons (Fsp3) is 0.647. The number of nitrogens with one attached hydrogen (secondary N) is 1. The molecular weight excluding hydrogens is 266 g/mol. The van der Waals surface area contributed by atoms with Crippen molar-refractivity contribution in [2.45, 2.75) is 51.4 Å². The Hall–Kier alpha value is -0.510. The van der Waals surface area contributed by atoms with Crippen molar-refractivity contribution in [3.63, 3.8) is 0 Å². The van der Waals surface area contributed by atoms with Crippen LogP contribution in [0.3, 0.4) is 0 Å². The van der Waals surface area contributed by atoms with Gasteiger partial charge in [0.2, 0.25) is 0 Å². The van der Waals surface area contributed by atoms with Crippen LogP contribution in [-0.2, 0) is 5.54 Å². The van der Waals surface area contributed by atoms with Gasteiger partial charge in [-0.15, -0.1) is 0 Å². The van der Waals surface area contributed by atoms with Crippen LogP contribution in [0, 0.1) is 5.92 Å². The summed E-state index contributed by atoms with van der Waals surface area (Å²) in [5.41, 5.74) is 0.808. The fourth-order valence-corrected chi connectivity index (χ4v) is 3.44. The maximum atomic E-state index is 10.1. The minimum atomic E-state index is -0.358. The normalized spacial score (nSPS) is 16.4. The Kier molecular flexibility index (Phi) is 7.07. The summed E-state index contributed by atoms with van der Waals surface area (Å²) in [4.78, 5) is 0. The van der Waals surface area contributed by atoms with E-state index in [1.165, 1.54) is 5.56 Å². The van der Waals surface area contributed by atoms with E-state index in [-0.39, 0.29) is 12.1 Å². The molecule has 2 unspecified atom stereocenters. The SMILES string of the molecule is CC(C)NC(CO)(CSC(C)C(C)C)c1ccccc1. The molecule has 0 aliphatic carbocycles. The molecule has 114 valence electrons. The van der Waals surface area contributed by atoms with Crippen molar-refractivity contribution in [2.75, 3.05) is 12.4 Å². The first-order chi connectivity index (χ1) is 9.41. The van der Waals surface area contributed by atoms with Gasteiger partial charge in [-0.2, -0.15) is 11.8 Å². The molecule has 2 atom stereocenters. The van der Waals surface area contributed by atoms with E-state index in [0.717, 1.165) is 5.75 Å². The zero-order valence-corrected chi connectivity index (χ0v) is 14.2. The molecule has 0 saturated heterocycles. The summed E-state index contributed by atoms with van der Waals surface area (Å²) < 4.78 is 0. The van der Waals surface area contributed by atoms with Gasteiger partial charge >= 0.3 is 0 Å². The predicted octanol–water partition coefficient (Wildman–Crippen LogP) is 3.65. The molecule has 0 radical (unpaired) electrons. The average molecular weight is 295 g/mol. The third-order valence-corrected chi connectivity index (χ3v) is 5.42. The Labute approximate surface area is 128 Å². The van der Waals surface area contributed by atoms with Crippen LogP contribution in [0.2, 0.25) is 0 Å². The van der Waals surface area contributed by atoms with Crippen LogP contribution in [0.15, 0.2) is 30.3 Å². The van der Waals surface area contributed by atoms with E-state index in [9.17, 15) is 5.11 Å². The van der Waals surface area contributed by atoms with E-state index in [2.05, 4.69) is 52.1 Å². The molecule has 1 aromatic rings. The summed E-state index contributed by atoms with van der Waals surface area (Å²) in [6.45, 7) is 11.1. The Morgan fingerprint density at radius 2 is 1.70 bits per heavy atom. The lowest BCUT2D eigenvalue weighted by Gasteiger charge is -2.36. The first-order valence-electron chi connectivity index (χ1n) is 7.47. The van der Waals surface area contributed by atoms with Gasteiger partial charge in [0.15, 0.2) is 0 Å². The molecule has 0 heterocycles. The van der Waals surface area contributed by atoms with Gasteiger partial charge in [0.1, 0.15) is 0 Å². The van der Waals surface area contributed by atoms with Crippen LogP contribution in [0.4, 0.5) is 0 Å². The molecular formula is C17H29NOS. The summed E-state index contributed by atoms with van der Waals surface area (Å²) in [6, 6.07) is 10.6. The Bertz CT molecular complexity index is 380. The summed E-state index contributed by atoms with van der Waals surface area (Å²) in [7, 11) is 0. The lowest BCUT2D eigenvalue weighted by molar-refractivity contribution is 0.169. The first kappa shape index (κ1) is 17.5. The van der Waals surface area contributed by atoms with Crippen LogP contribution in [0.5, 0.6) is 0 Å². The molecule has 0 aliphatic heterocycles. The third-order valence-electron chi connectivity index (χ3n) is 3.69. The van der Waals surface area contributed by atoms with Gasteiger partial charge in [-0.25, -0.2) is 0 Å². The second-order valence-corrected chi connectivity index (χ2v) is 7.53. The van der Waals surface area contributed by atoms with Crippen molar-refractivity contribution >= 4 is 11.8 Å². The monoisotopic (exact) mass is 295 g/mol. The van der Waals surface area contributed by atoms with E-state index in [1.54, 1.807) is 0 Å². The Balaban J connectivity index is 2.94. The molecule has 0 aliphatic rings. The third kappa shape index (κ3) is 4.80. The average Bonchev–Trinajstić information content (AvgIpc) is 2.43. The number of thioether (sulfide) groups is 1. The molecule has 0 amide bonds. The first-order valence-corrected chi connectivity index (χ1v) is 8.52. The highest BCUT2D eigenvalue weighted by atomic mass is 32.2. The molecule has 20 heavy (non-hydrogen) atoms. The second-order valence-electron chi connectivity index (χ2n) is 6.17. The predicted molar refractivity (Wildman–Crippen MR) is 90.2 cm³/mol. The van der Waals surface area contributed by atoms with Crippen molar-refractivity contribution < 1.29 is 5.11 Å². The van der Waals surface area contributed by atoms with E-state index in [4.69, 9.17) is 0 Å². The summed E-state index contributed by atoms with van der Waals surface area (Å²) in [5.74, 6) is 1.52. The smallest absolute Gasteiger partial charge is 0.0762 e. The largest absolute Gasteiger partial charge is 0.394 e. The number of benzene rings is 1. The van der Waals surface area contributed by atoms with Crippen molar-refractivity contribution in [1.29, 1.82) is 0 Å². The minimum absolute atomic E-state index is 0.118. The number of hydrogen-bond acceptors (Lipinski definition) is 3. The van der Waals surface area contributed by atoms with Gasteiger partial charge in [0.25, 0.3) is 0 Å². The number of aliphatic hydroxyl groups excluding tert-OH is 1. The van der Waals surface area contributed by atoms with Crippen molar-refractivity contribution in [1.82, 2.24) is 5.32 Å². The molecule has 0 fully saturated rings. The summed E-state index contributed by atoms with van der Waals surface area (Å²) in [5, 5.41) is 14.2. The van der Waals surface area contributed by atoms with E-state index in [0.29, 0.717) is 17.2 Å². The van der Waals surface area contributed by atoms with E-state index in [1.807, 2.05) is 30.0 Å².